The molecule has 5 nitrogen and oxygen atoms in total. The van der Waals surface area contributed by atoms with E-state index >= 15 is 0 Å². The van der Waals surface area contributed by atoms with Crippen LogP contribution in [0.15, 0.2) is 54.9 Å². The van der Waals surface area contributed by atoms with Gasteiger partial charge in [0.05, 0.1) is 11.1 Å². The van der Waals surface area contributed by atoms with Gasteiger partial charge >= 0.3 is 0 Å². The number of carbonyl (C=O) groups is 1. The van der Waals surface area contributed by atoms with Crippen LogP contribution < -0.4 is 5.32 Å². The van der Waals surface area contributed by atoms with E-state index in [0.29, 0.717) is 11.8 Å². The molecule has 30 heavy (non-hydrogen) atoms. The number of benzene rings is 1. The number of aromatic nitrogens is 2. The first-order valence-corrected chi connectivity index (χ1v) is 11.3. The first-order valence-electron chi connectivity index (χ1n) is 11.3. The van der Waals surface area contributed by atoms with Crippen LogP contribution in [0.4, 0.5) is 0 Å². The average Bonchev–Trinajstić information content (AvgIpc) is 3.19. The van der Waals surface area contributed by atoms with Gasteiger partial charge in [0, 0.05) is 45.1 Å². The predicted octanol–water partition coefficient (Wildman–Crippen LogP) is 4.06. The summed E-state index contributed by atoms with van der Waals surface area (Å²) in [6.45, 7) is 4.23. The maximum atomic E-state index is 13.2. The number of piperazine rings is 1. The molecule has 2 fully saturated rings. The van der Waals surface area contributed by atoms with Crippen molar-refractivity contribution in [2.75, 3.05) is 26.2 Å². The van der Waals surface area contributed by atoms with E-state index in [-0.39, 0.29) is 5.91 Å². The summed E-state index contributed by atoms with van der Waals surface area (Å²) in [4.78, 5) is 19.7. The molecule has 0 radical (unpaired) electrons. The van der Waals surface area contributed by atoms with Crippen LogP contribution in [0.25, 0.3) is 11.0 Å². The lowest BCUT2D eigenvalue weighted by molar-refractivity contribution is 0.0737. The third-order valence-corrected chi connectivity index (χ3v) is 6.84. The molecule has 5 heteroatoms. The smallest absolute Gasteiger partial charge is 0.257 e. The van der Waals surface area contributed by atoms with Crippen LogP contribution in [0.1, 0.15) is 47.5 Å². The van der Waals surface area contributed by atoms with Gasteiger partial charge in [-0.25, -0.2) is 0 Å². The third-order valence-electron chi connectivity index (χ3n) is 6.84. The number of rotatable bonds is 4. The molecular formula is C25H30N4O. The Morgan fingerprint density at radius 3 is 2.53 bits per heavy atom. The number of fused-ring (bicyclic) bond motifs is 1. The van der Waals surface area contributed by atoms with E-state index in [9.17, 15) is 4.79 Å². The predicted molar refractivity (Wildman–Crippen MR) is 120 cm³/mol. The molecule has 3 heterocycles. The van der Waals surface area contributed by atoms with E-state index in [1.54, 1.807) is 6.20 Å². The van der Waals surface area contributed by atoms with Gasteiger partial charge < -0.3 is 14.8 Å². The Balaban J connectivity index is 1.32. The van der Waals surface area contributed by atoms with Gasteiger partial charge in [-0.1, -0.05) is 30.3 Å². The summed E-state index contributed by atoms with van der Waals surface area (Å²) in [5, 5.41) is 3.32. The van der Waals surface area contributed by atoms with Crippen molar-refractivity contribution in [3.8, 4) is 0 Å². The van der Waals surface area contributed by atoms with Crippen LogP contribution in [0.2, 0.25) is 0 Å². The second-order valence-corrected chi connectivity index (χ2v) is 8.74. The van der Waals surface area contributed by atoms with Crippen molar-refractivity contribution in [1.29, 1.82) is 0 Å². The molecule has 3 aromatic rings. The molecule has 5 rings (SSSR count). The van der Waals surface area contributed by atoms with Crippen LogP contribution in [-0.4, -0.2) is 46.5 Å². The van der Waals surface area contributed by atoms with E-state index < -0.39 is 0 Å². The molecule has 1 aliphatic heterocycles. The van der Waals surface area contributed by atoms with Gasteiger partial charge in [0.25, 0.3) is 5.91 Å². The number of nitrogens with one attached hydrogen (secondary N) is 1. The lowest BCUT2D eigenvalue weighted by Crippen LogP contribution is -2.46. The Hall–Kier alpha value is -2.66. The second kappa shape index (κ2) is 8.60. The first kappa shape index (κ1) is 19.3. The van der Waals surface area contributed by atoms with Gasteiger partial charge in [0.15, 0.2) is 0 Å². The van der Waals surface area contributed by atoms with Crippen molar-refractivity contribution in [1.82, 2.24) is 19.8 Å². The molecule has 0 spiro atoms. The molecule has 0 bridgehead atoms. The summed E-state index contributed by atoms with van der Waals surface area (Å²) in [6, 6.07) is 15.0. The van der Waals surface area contributed by atoms with Gasteiger partial charge in [0.2, 0.25) is 0 Å². The summed E-state index contributed by atoms with van der Waals surface area (Å²) < 4.78 is 2.28. The topological polar surface area (TPSA) is 50.2 Å². The van der Waals surface area contributed by atoms with Gasteiger partial charge in [0.1, 0.15) is 5.52 Å². The molecule has 2 aromatic heterocycles. The first-order chi connectivity index (χ1) is 14.8. The molecule has 1 N–H and O–H groups in total. The molecule has 2 aliphatic rings. The Morgan fingerprint density at radius 1 is 1.00 bits per heavy atom. The molecule has 0 unspecified atom stereocenters. The van der Waals surface area contributed by atoms with Crippen molar-refractivity contribution in [2.24, 2.45) is 5.92 Å². The summed E-state index contributed by atoms with van der Waals surface area (Å²) in [5.74, 6) is 1.46. The molecular weight excluding hydrogens is 372 g/mol. The standard InChI is InChI=1S/C25H30N4O/c30-25(28-15-13-26-14-16-28)22-18-29(23-7-4-12-27-24(22)23)17-19-8-10-21(11-9-19)20-5-2-1-3-6-20/h1-7,12,18-19,21,26H,8-11,13-17H2. The van der Waals surface area contributed by atoms with Crippen molar-refractivity contribution in [2.45, 2.75) is 38.1 Å². The van der Waals surface area contributed by atoms with Gasteiger partial charge in [-0.2, -0.15) is 0 Å². The Kier molecular flexibility index (Phi) is 5.54. The molecule has 1 amide bonds. The molecule has 156 valence electrons. The summed E-state index contributed by atoms with van der Waals surface area (Å²) in [7, 11) is 0. The SMILES string of the molecule is O=C(c1cn(CC2CCC(c3ccccc3)CC2)c2cccnc12)N1CCNCC1. The Labute approximate surface area is 178 Å². The van der Waals surface area contributed by atoms with Crippen molar-refractivity contribution in [3.05, 3.63) is 66.0 Å². The van der Waals surface area contributed by atoms with E-state index in [0.717, 1.165) is 49.3 Å². The number of carbonyl (C=O) groups excluding carboxylic acids is 1. The van der Waals surface area contributed by atoms with Gasteiger partial charge in [-0.05, 0) is 55.2 Å². The van der Waals surface area contributed by atoms with Crippen LogP contribution in [0, 0.1) is 5.92 Å². The number of nitrogens with zero attached hydrogens (tertiary/aromatic N) is 3. The quantitative estimate of drug-likeness (QED) is 0.716. The fourth-order valence-electron chi connectivity index (χ4n) is 5.15. The van der Waals surface area contributed by atoms with Crippen LogP contribution >= 0.6 is 0 Å². The second-order valence-electron chi connectivity index (χ2n) is 8.74. The molecule has 1 aromatic carbocycles. The van der Waals surface area contributed by atoms with Gasteiger partial charge in [-0.3, -0.25) is 9.78 Å². The Bertz CT molecular complexity index is 998. The van der Waals surface area contributed by atoms with Crippen LogP contribution in [0.5, 0.6) is 0 Å². The number of hydrogen-bond donors (Lipinski definition) is 1. The highest BCUT2D eigenvalue weighted by Crippen LogP contribution is 2.37. The highest BCUT2D eigenvalue weighted by atomic mass is 16.2. The maximum absolute atomic E-state index is 13.2. The van der Waals surface area contributed by atoms with Crippen molar-refractivity contribution in [3.63, 3.8) is 0 Å². The van der Waals surface area contributed by atoms with Crippen LogP contribution in [-0.2, 0) is 6.54 Å². The summed E-state index contributed by atoms with van der Waals surface area (Å²) >= 11 is 0. The minimum Gasteiger partial charge on any atom is -0.345 e. The number of amides is 1. The van der Waals surface area contributed by atoms with Crippen LogP contribution in [0.3, 0.4) is 0 Å². The highest BCUT2D eigenvalue weighted by Gasteiger charge is 2.26. The Morgan fingerprint density at radius 2 is 1.77 bits per heavy atom. The van der Waals surface area contributed by atoms with E-state index in [2.05, 4.69) is 57.5 Å². The maximum Gasteiger partial charge on any atom is 0.257 e. The monoisotopic (exact) mass is 402 g/mol. The lowest BCUT2D eigenvalue weighted by Gasteiger charge is -2.29. The zero-order valence-corrected chi connectivity index (χ0v) is 17.5. The van der Waals surface area contributed by atoms with Crippen molar-refractivity contribution >= 4 is 16.9 Å². The van der Waals surface area contributed by atoms with E-state index in [4.69, 9.17) is 0 Å². The summed E-state index contributed by atoms with van der Waals surface area (Å²) in [5.41, 5.74) is 4.17. The zero-order chi connectivity index (χ0) is 20.3. The third kappa shape index (κ3) is 3.86. The van der Waals surface area contributed by atoms with E-state index in [1.165, 1.54) is 31.2 Å². The molecule has 1 saturated heterocycles. The summed E-state index contributed by atoms with van der Waals surface area (Å²) in [6.07, 6.45) is 8.83. The molecule has 0 atom stereocenters. The zero-order valence-electron chi connectivity index (χ0n) is 17.5. The average molecular weight is 403 g/mol. The minimum absolute atomic E-state index is 0.117. The number of pyridine rings is 1. The fraction of sp³-hybridized carbons (Fsp3) is 0.440. The normalized spacial score (nSPS) is 22.3. The molecule has 1 saturated carbocycles. The molecule has 1 aliphatic carbocycles. The van der Waals surface area contributed by atoms with E-state index in [1.807, 2.05) is 11.0 Å². The fourth-order valence-corrected chi connectivity index (χ4v) is 5.15. The highest BCUT2D eigenvalue weighted by molar-refractivity contribution is 6.05. The van der Waals surface area contributed by atoms with Crippen molar-refractivity contribution < 1.29 is 4.79 Å². The minimum atomic E-state index is 0.117. The van der Waals surface area contributed by atoms with Gasteiger partial charge in [-0.15, -0.1) is 0 Å². The lowest BCUT2D eigenvalue weighted by atomic mass is 9.78. The largest absolute Gasteiger partial charge is 0.345 e. The number of hydrogen-bond acceptors (Lipinski definition) is 3.